The lowest BCUT2D eigenvalue weighted by Gasteiger charge is -1.79. The highest BCUT2D eigenvalue weighted by Gasteiger charge is 1.77. The van der Waals surface area contributed by atoms with E-state index in [2.05, 4.69) is 0 Å². The molecule has 0 saturated carbocycles. The Morgan fingerprint density at radius 2 is 1.80 bits per heavy atom. The fraction of sp³-hybridized carbons (Fsp3) is 0.417. The van der Waals surface area contributed by atoms with Crippen molar-refractivity contribution in [3.63, 3.8) is 0 Å². The zero-order valence-corrected chi connectivity index (χ0v) is 9.45. The van der Waals surface area contributed by atoms with Crippen LogP contribution in [0.1, 0.15) is 26.7 Å². The number of nitrogens with two attached hydrogens (primary N) is 1. The molecule has 0 aliphatic carbocycles. The van der Waals surface area contributed by atoms with Gasteiger partial charge in [-0.05, 0) is 25.1 Å². The van der Waals surface area contributed by atoms with Crippen molar-refractivity contribution in [2.24, 2.45) is 5.73 Å². The van der Waals surface area contributed by atoms with Gasteiger partial charge in [0.15, 0.2) is 0 Å². The minimum Gasteiger partial charge on any atom is -0.330 e. The molecule has 0 amide bonds. The molecule has 0 aromatic heterocycles. The van der Waals surface area contributed by atoms with Crippen LogP contribution < -0.4 is 5.73 Å². The zero-order valence-electron chi connectivity index (χ0n) is 9.45. The average molecular weight is 213 g/mol. The second-order valence-electron chi connectivity index (χ2n) is 2.39. The summed E-state index contributed by atoms with van der Waals surface area (Å²) in [7, 11) is 0. The molecule has 0 unspecified atom stereocenters. The Balaban J connectivity index is 0. The predicted molar refractivity (Wildman–Crippen MR) is 62.1 cm³/mol. The molecule has 0 saturated heterocycles. The summed E-state index contributed by atoms with van der Waals surface area (Å²) in [6.07, 6.45) is 2.31. The second kappa shape index (κ2) is 15.3. The van der Waals surface area contributed by atoms with E-state index in [9.17, 15) is 9.18 Å². The van der Waals surface area contributed by atoms with Crippen LogP contribution >= 0.6 is 0 Å². The molecular formula is C12H20FNO. The Morgan fingerprint density at radius 1 is 1.27 bits per heavy atom. The number of carbonyl (C=O) groups excluding carboxylic acids is 1. The molecule has 0 aliphatic heterocycles. The summed E-state index contributed by atoms with van der Waals surface area (Å²) in [5, 5.41) is 0. The van der Waals surface area contributed by atoms with Gasteiger partial charge in [-0.3, -0.25) is 0 Å². The average Bonchev–Trinajstić information content (AvgIpc) is 2.31. The molecule has 0 atom stereocenters. The molecule has 0 radical (unpaired) electrons. The summed E-state index contributed by atoms with van der Waals surface area (Å²) in [5.41, 5.74) is 5.06. The molecule has 1 aromatic rings. The Kier molecular flexibility index (Phi) is 16.5. The first-order valence-corrected chi connectivity index (χ1v) is 5.15. The number of halogens is 1. The van der Waals surface area contributed by atoms with E-state index in [4.69, 9.17) is 5.73 Å². The number of hydrogen-bond donors (Lipinski definition) is 1. The molecule has 1 aromatic carbocycles. The molecule has 2 nitrogen and oxygen atoms in total. The number of aldehydes is 1. The molecule has 3 heteroatoms. The first-order chi connectivity index (χ1) is 7.31. The van der Waals surface area contributed by atoms with Crippen LogP contribution in [-0.4, -0.2) is 12.8 Å². The van der Waals surface area contributed by atoms with Gasteiger partial charge in [0.2, 0.25) is 0 Å². The van der Waals surface area contributed by atoms with E-state index in [-0.39, 0.29) is 5.82 Å². The Labute approximate surface area is 91.3 Å². The highest BCUT2D eigenvalue weighted by atomic mass is 19.1. The number of unbranched alkanes of at least 4 members (excludes halogenated alkanes) is 1. The van der Waals surface area contributed by atoms with Crippen LogP contribution in [0.15, 0.2) is 30.3 Å². The van der Waals surface area contributed by atoms with Gasteiger partial charge in [0.1, 0.15) is 12.1 Å². The molecule has 0 bridgehead atoms. The first-order valence-electron chi connectivity index (χ1n) is 5.15. The zero-order chi connectivity index (χ0) is 11.9. The summed E-state index contributed by atoms with van der Waals surface area (Å²) < 4.78 is 11.9. The van der Waals surface area contributed by atoms with Gasteiger partial charge in [-0.15, -0.1) is 0 Å². The summed E-state index contributed by atoms with van der Waals surface area (Å²) in [6, 6.07) is 7.94. The molecule has 86 valence electrons. The minimum atomic E-state index is -0.178. The van der Waals surface area contributed by atoms with Gasteiger partial charge in [-0.1, -0.05) is 32.0 Å². The van der Waals surface area contributed by atoms with Crippen molar-refractivity contribution in [1.82, 2.24) is 0 Å². The fourth-order valence-corrected chi connectivity index (χ4v) is 0.616. The van der Waals surface area contributed by atoms with Crippen LogP contribution in [0.3, 0.4) is 0 Å². The summed E-state index contributed by atoms with van der Waals surface area (Å²) in [4.78, 5) is 9.51. The molecule has 1 rings (SSSR count). The lowest BCUT2D eigenvalue weighted by molar-refractivity contribution is -0.107. The highest BCUT2D eigenvalue weighted by molar-refractivity contribution is 5.48. The Morgan fingerprint density at radius 3 is 2.00 bits per heavy atom. The lowest BCUT2D eigenvalue weighted by Crippen LogP contribution is -1.97. The van der Waals surface area contributed by atoms with Crippen LogP contribution in [-0.2, 0) is 4.79 Å². The molecular weight excluding hydrogens is 193 g/mol. The molecule has 0 fully saturated rings. The third kappa shape index (κ3) is 15.5. The fourth-order valence-electron chi connectivity index (χ4n) is 0.616. The third-order valence-corrected chi connectivity index (χ3v) is 1.26. The molecule has 0 aliphatic rings. The van der Waals surface area contributed by atoms with Crippen LogP contribution in [0.25, 0.3) is 0 Å². The normalized spacial score (nSPS) is 7.73. The minimum absolute atomic E-state index is 0.178. The van der Waals surface area contributed by atoms with Gasteiger partial charge in [-0.25, -0.2) is 4.39 Å². The van der Waals surface area contributed by atoms with Crippen LogP contribution in [0.4, 0.5) is 4.39 Å². The van der Waals surface area contributed by atoms with E-state index in [0.29, 0.717) is 13.0 Å². The van der Waals surface area contributed by atoms with Crippen molar-refractivity contribution in [2.75, 3.05) is 6.54 Å². The van der Waals surface area contributed by atoms with E-state index in [0.717, 1.165) is 12.7 Å². The summed E-state index contributed by atoms with van der Waals surface area (Å²) in [6.45, 7) is 4.62. The predicted octanol–water partition coefficient (Wildman–Crippen LogP) is 2.78. The SMILES string of the molecule is CC.Fc1ccccc1.NCCCC=O. The van der Waals surface area contributed by atoms with Gasteiger partial charge in [0.05, 0.1) is 0 Å². The van der Waals surface area contributed by atoms with Gasteiger partial charge >= 0.3 is 0 Å². The maximum Gasteiger partial charge on any atom is 0.123 e. The maximum absolute atomic E-state index is 11.9. The monoisotopic (exact) mass is 213 g/mol. The topological polar surface area (TPSA) is 43.1 Å². The smallest absolute Gasteiger partial charge is 0.123 e. The van der Waals surface area contributed by atoms with E-state index in [1.165, 1.54) is 12.1 Å². The number of rotatable bonds is 3. The van der Waals surface area contributed by atoms with Gasteiger partial charge in [-0.2, -0.15) is 0 Å². The maximum atomic E-state index is 11.9. The van der Waals surface area contributed by atoms with Gasteiger partial charge < -0.3 is 10.5 Å². The lowest BCUT2D eigenvalue weighted by atomic mass is 10.3. The van der Waals surface area contributed by atoms with Gasteiger partial charge in [0, 0.05) is 6.42 Å². The van der Waals surface area contributed by atoms with Crippen LogP contribution in [0.2, 0.25) is 0 Å². The Bertz CT molecular complexity index is 214. The van der Waals surface area contributed by atoms with Gasteiger partial charge in [0.25, 0.3) is 0 Å². The van der Waals surface area contributed by atoms with Crippen molar-refractivity contribution in [3.05, 3.63) is 36.1 Å². The highest BCUT2D eigenvalue weighted by Crippen LogP contribution is 1.91. The van der Waals surface area contributed by atoms with E-state index in [1.54, 1.807) is 18.2 Å². The van der Waals surface area contributed by atoms with Crippen molar-refractivity contribution in [2.45, 2.75) is 26.7 Å². The number of benzene rings is 1. The van der Waals surface area contributed by atoms with Crippen molar-refractivity contribution in [1.29, 1.82) is 0 Å². The van der Waals surface area contributed by atoms with E-state index < -0.39 is 0 Å². The molecule has 2 N–H and O–H groups in total. The largest absolute Gasteiger partial charge is 0.330 e. The van der Waals surface area contributed by atoms with Crippen molar-refractivity contribution >= 4 is 6.29 Å². The Hall–Kier alpha value is -1.22. The van der Waals surface area contributed by atoms with E-state index in [1.807, 2.05) is 13.8 Å². The quantitative estimate of drug-likeness (QED) is 0.619. The number of carbonyl (C=O) groups is 1. The summed E-state index contributed by atoms with van der Waals surface area (Å²) >= 11 is 0. The molecule has 0 heterocycles. The van der Waals surface area contributed by atoms with Crippen LogP contribution in [0.5, 0.6) is 0 Å². The third-order valence-electron chi connectivity index (χ3n) is 1.26. The van der Waals surface area contributed by atoms with Crippen molar-refractivity contribution in [3.8, 4) is 0 Å². The molecule has 0 spiro atoms. The standard InChI is InChI=1S/C6H5F.C4H9NO.C2H6/c7-6-4-2-1-3-5-6;5-3-1-2-4-6;1-2/h1-5H;4H,1-3,5H2;1-2H3. The van der Waals surface area contributed by atoms with Crippen molar-refractivity contribution < 1.29 is 9.18 Å². The van der Waals surface area contributed by atoms with Crippen LogP contribution in [0, 0.1) is 5.82 Å². The second-order valence-corrected chi connectivity index (χ2v) is 2.39. The van der Waals surface area contributed by atoms with E-state index >= 15 is 0 Å². The number of hydrogen-bond acceptors (Lipinski definition) is 2. The molecule has 15 heavy (non-hydrogen) atoms. The summed E-state index contributed by atoms with van der Waals surface area (Å²) in [5.74, 6) is -0.178. The first kappa shape index (κ1) is 16.2.